The summed E-state index contributed by atoms with van der Waals surface area (Å²) in [5, 5.41) is 0. The first kappa shape index (κ1) is 13.9. The zero-order chi connectivity index (χ0) is 12.3. The average molecular weight is 248 g/mol. The Morgan fingerprint density at radius 1 is 1.38 bits per heavy atom. The number of nitrogens with one attached hydrogen (secondary N) is 1. The van der Waals surface area contributed by atoms with E-state index in [1.165, 1.54) is 0 Å². The van der Waals surface area contributed by atoms with E-state index in [4.69, 9.17) is 0 Å². The van der Waals surface area contributed by atoms with Crippen LogP contribution in [0.1, 0.15) is 34.1 Å². The van der Waals surface area contributed by atoms with Crippen LogP contribution in [0.15, 0.2) is 0 Å². The Hall–Kier alpha value is -0.130. The van der Waals surface area contributed by atoms with E-state index < -0.39 is 10.0 Å². The van der Waals surface area contributed by atoms with Crippen LogP contribution in [0.25, 0.3) is 0 Å². The van der Waals surface area contributed by atoms with Crippen molar-refractivity contribution in [2.45, 2.75) is 46.2 Å². The highest BCUT2D eigenvalue weighted by Gasteiger charge is 2.33. The Kier molecular flexibility index (Phi) is 4.76. The topological polar surface area (TPSA) is 49.4 Å². The Labute approximate surface area is 99.5 Å². The second-order valence-electron chi connectivity index (χ2n) is 5.07. The third-order valence-corrected chi connectivity index (χ3v) is 4.78. The molecule has 0 spiro atoms. The largest absolute Gasteiger partial charge is 0.299 e. The van der Waals surface area contributed by atoms with Crippen molar-refractivity contribution in [2.24, 2.45) is 5.92 Å². The van der Waals surface area contributed by atoms with Crippen molar-refractivity contribution in [2.75, 3.05) is 18.8 Å². The summed E-state index contributed by atoms with van der Waals surface area (Å²) in [4.78, 5) is 2.32. The lowest BCUT2D eigenvalue weighted by Crippen LogP contribution is -2.41. The molecule has 0 aliphatic carbocycles. The monoisotopic (exact) mass is 248 g/mol. The maximum Gasteiger partial charge on any atom is 0.211 e. The zero-order valence-corrected chi connectivity index (χ0v) is 11.5. The van der Waals surface area contributed by atoms with E-state index in [1.54, 1.807) is 0 Å². The second kappa shape index (κ2) is 5.47. The van der Waals surface area contributed by atoms with Crippen LogP contribution in [0.2, 0.25) is 0 Å². The maximum atomic E-state index is 11.7. The number of hydrogen-bond donors (Lipinski definition) is 1. The molecule has 1 N–H and O–H groups in total. The number of hydrogen-bond acceptors (Lipinski definition) is 3. The molecule has 2 atom stereocenters. The van der Waals surface area contributed by atoms with Crippen molar-refractivity contribution in [3.05, 3.63) is 0 Å². The third kappa shape index (κ3) is 3.71. The van der Waals surface area contributed by atoms with Gasteiger partial charge in [-0.25, -0.2) is 13.1 Å². The van der Waals surface area contributed by atoms with Crippen LogP contribution >= 0.6 is 0 Å². The van der Waals surface area contributed by atoms with Crippen molar-refractivity contribution < 1.29 is 8.42 Å². The third-order valence-electron chi connectivity index (χ3n) is 3.17. The Morgan fingerprint density at radius 3 is 2.44 bits per heavy atom. The van der Waals surface area contributed by atoms with Gasteiger partial charge in [-0.2, -0.15) is 0 Å². The normalized spacial score (nSPS) is 27.8. The van der Waals surface area contributed by atoms with Gasteiger partial charge in [0.05, 0.1) is 5.75 Å². The lowest BCUT2D eigenvalue weighted by Gasteiger charge is -2.20. The molecule has 1 fully saturated rings. The lowest BCUT2D eigenvalue weighted by molar-refractivity contribution is 0.265. The molecule has 0 amide bonds. The highest BCUT2D eigenvalue weighted by Crippen LogP contribution is 2.19. The van der Waals surface area contributed by atoms with Gasteiger partial charge in [-0.1, -0.05) is 13.8 Å². The second-order valence-corrected chi connectivity index (χ2v) is 6.94. The van der Waals surface area contributed by atoms with Gasteiger partial charge in [-0.3, -0.25) is 4.90 Å². The molecule has 0 radical (unpaired) electrons. The molecule has 1 aliphatic heterocycles. The van der Waals surface area contributed by atoms with Gasteiger partial charge in [-0.05, 0) is 26.2 Å². The van der Waals surface area contributed by atoms with Gasteiger partial charge in [-0.15, -0.1) is 0 Å². The van der Waals surface area contributed by atoms with Crippen molar-refractivity contribution in [3.8, 4) is 0 Å². The molecule has 1 aliphatic rings. The van der Waals surface area contributed by atoms with Crippen molar-refractivity contribution >= 4 is 10.0 Å². The lowest BCUT2D eigenvalue weighted by atomic mass is 10.1. The van der Waals surface area contributed by atoms with Crippen LogP contribution in [-0.2, 0) is 10.0 Å². The average Bonchev–Trinajstić information content (AvgIpc) is 2.47. The van der Waals surface area contributed by atoms with Gasteiger partial charge >= 0.3 is 0 Å². The molecule has 1 heterocycles. The summed E-state index contributed by atoms with van der Waals surface area (Å²) in [6, 6.07) is 0.571. The standard InChI is InChI=1S/C11H24N2O2S/c1-5-6-16(14,15)12-11-8-13(9(2)3)7-10(11)4/h9-12H,5-8H2,1-4H3/t10-,11+/m1/s1. The molecule has 96 valence electrons. The number of sulfonamides is 1. The van der Waals surface area contributed by atoms with Crippen LogP contribution in [0, 0.1) is 5.92 Å². The van der Waals surface area contributed by atoms with E-state index in [0.717, 1.165) is 13.1 Å². The minimum atomic E-state index is -3.07. The molecule has 0 aromatic rings. The molecule has 0 unspecified atom stereocenters. The Balaban J connectivity index is 2.56. The molecular formula is C11H24N2O2S. The van der Waals surface area contributed by atoms with Crippen LogP contribution in [0.3, 0.4) is 0 Å². The van der Waals surface area contributed by atoms with E-state index in [-0.39, 0.29) is 11.8 Å². The van der Waals surface area contributed by atoms with Crippen molar-refractivity contribution in [1.82, 2.24) is 9.62 Å². The van der Waals surface area contributed by atoms with Gasteiger partial charge < -0.3 is 0 Å². The van der Waals surface area contributed by atoms with Crippen molar-refractivity contribution in [3.63, 3.8) is 0 Å². The number of rotatable bonds is 5. The quantitative estimate of drug-likeness (QED) is 0.791. The first-order valence-corrected chi connectivity index (χ1v) is 7.75. The fourth-order valence-corrected chi connectivity index (χ4v) is 3.56. The molecule has 0 aromatic carbocycles. The van der Waals surface area contributed by atoms with Gasteiger partial charge in [0.1, 0.15) is 0 Å². The van der Waals surface area contributed by atoms with E-state index in [9.17, 15) is 8.42 Å². The summed E-state index contributed by atoms with van der Waals surface area (Å²) in [5.74, 6) is 0.631. The maximum absolute atomic E-state index is 11.7. The Bertz CT molecular complexity index is 314. The molecule has 1 saturated heterocycles. The van der Waals surface area contributed by atoms with E-state index in [0.29, 0.717) is 18.4 Å². The molecule has 4 nitrogen and oxygen atoms in total. The van der Waals surface area contributed by atoms with Crippen LogP contribution in [0.4, 0.5) is 0 Å². The van der Waals surface area contributed by atoms with E-state index in [2.05, 4.69) is 30.4 Å². The molecular weight excluding hydrogens is 224 g/mol. The number of nitrogens with zero attached hydrogens (tertiary/aromatic N) is 1. The summed E-state index contributed by atoms with van der Waals surface area (Å²) in [7, 11) is -3.07. The fourth-order valence-electron chi connectivity index (χ4n) is 2.14. The number of likely N-dealkylation sites (tertiary alicyclic amines) is 1. The van der Waals surface area contributed by atoms with E-state index >= 15 is 0 Å². The van der Waals surface area contributed by atoms with Crippen LogP contribution in [0.5, 0.6) is 0 Å². The zero-order valence-electron chi connectivity index (χ0n) is 10.7. The molecule has 0 saturated carbocycles. The van der Waals surface area contributed by atoms with E-state index in [1.807, 2.05) is 6.92 Å². The molecule has 0 aromatic heterocycles. The summed E-state index contributed by atoms with van der Waals surface area (Å²) >= 11 is 0. The fraction of sp³-hybridized carbons (Fsp3) is 1.00. The van der Waals surface area contributed by atoms with Gasteiger partial charge in [0.2, 0.25) is 10.0 Å². The highest BCUT2D eigenvalue weighted by atomic mass is 32.2. The van der Waals surface area contributed by atoms with Gasteiger partial charge in [0.25, 0.3) is 0 Å². The van der Waals surface area contributed by atoms with Crippen LogP contribution < -0.4 is 4.72 Å². The van der Waals surface area contributed by atoms with Crippen LogP contribution in [-0.4, -0.2) is 44.2 Å². The van der Waals surface area contributed by atoms with Crippen molar-refractivity contribution in [1.29, 1.82) is 0 Å². The predicted octanol–water partition coefficient (Wildman–Crippen LogP) is 1.04. The highest BCUT2D eigenvalue weighted by molar-refractivity contribution is 7.89. The minimum absolute atomic E-state index is 0.0824. The minimum Gasteiger partial charge on any atom is -0.299 e. The first-order valence-electron chi connectivity index (χ1n) is 6.09. The SMILES string of the molecule is CCCS(=O)(=O)N[C@H]1CN(C(C)C)C[C@H]1C. The first-order chi connectivity index (χ1) is 7.35. The molecule has 16 heavy (non-hydrogen) atoms. The predicted molar refractivity (Wildman–Crippen MR) is 66.9 cm³/mol. The Morgan fingerprint density at radius 2 is 2.00 bits per heavy atom. The summed E-state index contributed by atoms with van der Waals surface area (Å²) in [5.41, 5.74) is 0. The molecule has 5 heteroatoms. The van der Waals surface area contributed by atoms with Gasteiger partial charge in [0, 0.05) is 25.2 Å². The summed E-state index contributed by atoms with van der Waals surface area (Å²) in [6.07, 6.45) is 0.671. The molecule has 1 rings (SSSR count). The van der Waals surface area contributed by atoms with Gasteiger partial charge in [0.15, 0.2) is 0 Å². The summed E-state index contributed by atoms with van der Waals surface area (Å²) in [6.45, 7) is 10.1. The smallest absolute Gasteiger partial charge is 0.211 e. The molecule has 0 bridgehead atoms. The summed E-state index contributed by atoms with van der Waals surface area (Å²) < 4.78 is 26.2.